The van der Waals surface area contributed by atoms with Crippen LogP contribution in [-0.2, 0) is 0 Å². The van der Waals surface area contributed by atoms with E-state index >= 15 is 0 Å². The Hall–Kier alpha value is -1.50. The molecule has 5 N–H and O–H groups in total. The highest BCUT2D eigenvalue weighted by atomic mass is 19.1. The number of halogens is 1. The first-order chi connectivity index (χ1) is 7.99. The summed E-state index contributed by atoms with van der Waals surface area (Å²) in [5.41, 5.74) is 4.42. The largest absolute Gasteiger partial charge is 0.478 e. The number of aliphatic hydroxyl groups is 2. The highest BCUT2D eigenvalue weighted by molar-refractivity contribution is 5.89. The number of hydrogen-bond donors (Lipinski definition) is 4. The Kier molecular flexibility index (Phi) is 4.56. The van der Waals surface area contributed by atoms with Gasteiger partial charge in [0.1, 0.15) is 11.9 Å². The van der Waals surface area contributed by atoms with E-state index in [-0.39, 0.29) is 18.5 Å². The van der Waals surface area contributed by atoms with Crippen molar-refractivity contribution in [2.45, 2.75) is 18.6 Å². The fourth-order valence-electron chi connectivity index (χ4n) is 1.55. The molecule has 0 saturated heterocycles. The van der Waals surface area contributed by atoms with Crippen LogP contribution in [0, 0.1) is 5.82 Å². The van der Waals surface area contributed by atoms with Crippen LogP contribution in [0.15, 0.2) is 18.2 Å². The lowest BCUT2D eigenvalue weighted by Crippen LogP contribution is -2.24. The van der Waals surface area contributed by atoms with E-state index in [9.17, 15) is 19.4 Å². The van der Waals surface area contributed by atoms with Crippen LogP contribution >= 0.6 is 0 Å². The smallest absolute Gasteiger partial charge is 0.336 e. The first kappa shape index (κ1) is 13.6. The first-order valence-electron chi connectivity index (χ1n) is 5.07. The van der Waals surface area contributed by atoms with Crippen molar-refractivity contribution in [2.75, 3.05) is 6.54 Å². The summed E-state index contributed by atoms with van der Waals surface area (Å²) in [6, 6.07) is 3.42. The number of rotatable bonds is 5. The zero-order chi connectivity index (χ0) is 13.0. The number of carbonyl (C=O) groups is 1. The summed E-state index contributed by atoms with van der Waals surface area (Å²) < 4.78 is 13.5. The van der Waals surface area contributed by atoms with Crippen molar-refractivity contribution in [3.63, 3.8) is 0 Å². The SMILES string of the molecule is NCCC(O)C(O)c1c(F)cccc1C(=O)O. The van der Waals surface area contributed by atoms with Gasteiger partial charge < -0.3 is 21.1 Å². The third-order valence-electron chi connectivity index (χ3n) is 2.41. The van der Waals surface area contributed by atoms with Crippen LogP contribution in [0.25, 0.3) is 0 Å². The maximum atomic E-state index is 13.5. The lowest BCUT2D eigenvalue weighted by Gasteiger charge is -2.19. The van der Waals surface area contributed by atoms with E-state index in [1.165, 1.54) is 12.1 Å². The van der Waals surface area contributed by atoms with E-state index in [1.807, 2.05) is 0 Å². The molecule has 0 aromatic heterocycles. The Labute approximate surface area is 97.3 Å². The molecule has 6 heteroatoms. The van der Waals surface area contributed by atoms with Gasteiger partial charge in [0.25, 0.3) is 0 Å². The van der Waals surface area contributed by atoms with E-state index < -0.39 is 29.6 Å². The first-order valence-corrected chi connectivity index (χ1v) is 5.07. The number of aromatic carboxylic acids is 1. The molecule has 0 radical (unpaired) electrons. The summed E-state index contributed by atoms with van der Waals surface area (Å²) in [6.07, 6.45) is -2.85. The molecule has 94 valence electrons. The topological polar surface area (TPSA) is 104 Å². The van der Waals surface area contributed by atoms with Crippen molar-refractivity contribution < 1.29 is 24.5 Å². The minimum absolute atomic E-state index is 0.0502. The van der Waals surface area contributed by atoms with Gasteiger partial charge in [-0.05, 0) is 25.1 Å². The van der Waals surface area contributed by atoms with Crippen molar-refractivity contribution in [1.82, 2.24) is 0 Å². The maximum Gasteiger partial charge on any atom is 0.336 e. The molecule has 0 saturated carbocycles. The molecule has 0 aliphatic rings. The van der Waals surface area contributed by atoms with Crippen LogP contribution in [0.5, 0.6) is 0 Å². The monoisotopic (exact) mass is 243 g/mol. The highest BCUT2D eigenvalue weighted by Crippen LogP contribution is 2.25. The second-order valence-electron chi connectivity index (χ2n) is 3.60. The van der Waals surface area contributed by atoms with Crippen molar-refractivity contribution in [1.29, 1.82) is 0 Å². The van der Waals surface area contributed by atoms with Crippen LogP contribution in [-0.4, -0.2) is 33.9 Å². The zero-order valence-electron chi connectivity index (χ0n) is 9.01. The molecule has 1 aromatic carbocycles. The van der Waals surface area contributed by atoms with E-state index in [2.05, 4.69) is 0 Å². The second kappa shape index (κ2) is 5.72. The van der Waals surface area contributed by atoms with Gasteiger partial charge in [-0.3, -0.25) is 0 Å². The van der Waals surface area contributed by atoms with Gasteiger partial charge >= 0.3 is 5.97 Å². The third-order valence-corrected chi connectivity index (χ3v) is 2.41. The molecule has 1 rings (SSSR count). The molecule has 5 nitrogen and oxygen atoms in total. The molecule has 0 heterocycles. The molecule has 0 spiro atoms. The van der Waals surface area contributed by atoms with Crippen molar-refractivity contribution in [3.05, 3.63) is 35.1 Å². The number of nitrogens with two attached hydrogens (primary N) is 1. The normalized spacial score (nSPS) is 14.4. The molecule has 0 aliphatic heterocycles. The van der Waals surface area contributed by atoms with Gasteiger partial charge in [0.05, 0.1) is 11.7 Å². The Morgan fingerprint density at radius 2 is 2.06 bits per heavy atom. The molecule has 2 unspecified atom stereocenters. The quantitative estimate of drug-likeness (QED) is 0.594. The van der Waals surface area contributed by atoms with Gasteiger partial charge in [0.2, 0.25) is 0 Å². The van der Waals surface area contributed by atoms with Gasteiger partial charge in [0, 0.05) is 5.56 Å². The Balaban J connectivity index is 3.15. The van der Waals surface area contributed by atoms with E-state index in [1.54, 1.807) is 0 Å². The predicted molar refractivity (Wildman–Crippen MR) is 58.0 cm³/mol. The fraction of sp³-hybridized carbons (Fsp3) is 0.364. The predicted octanol–water partition coefficient (Wildman–Crippen LogP) is 0.267. The number of benzene rings is 1. The number of carboxylic acid groups (broad SMARTS) is 1. The van der Waals surface area contributed by atoms with Crippen molar-refractivity contribution >= 4 is 5.97 Å². The van der Waals surface area contributed by atoms with Crippen LogP contribution in [0.4, 0.5) is 4.39 Å². The Morgan fingerprint density at radius 3 is 2.59 bits per heavy atom. The maximum absolute atomic E-state index is 13.5. The van der Waals surface area contributed by atoms with Crippen molar-refractivity contribution in [3.8, 4) is 0 Å². The summed E-state index contributed by atoms with van der Waals surface area (Å²) in [5, 5.41) is 28.1. The Bertz CT molecular complexity index is 410. The number of carboxylic acids is 1. The lowest BCUT2D eigenvalue weighted by atomic mass is 9.96. The molecule has 0 bridgehead atoms. The van der Waals surface area contributed by atoms with Crippen LogP contribution in [0.2, 0.25) is 0 Å². The lowest BCUT2D eigenvalue weighted by molar-refractivity contribution is 0.0120. The van der Waals surface area contributed by atoms with E-state index in [4.69, 9.17) is 10.8 Å². The van der Waals surface area contributed by atoms with Gasteiger partial charge in [-0.1, -0.05) is 6.07 Å². The minimum atomic E-state index is -1.61. The molecule has 17 heavy (non-hydrogen) atoms. The number of hydrogen-bond acceptors (Lipinski definition) is 4. The number of aliphatic hydroxyl groups excluding tert-OH is 2. The van der Waals surface area contributed by atoms with Crippen LogP contribution in [0.3, 0.4) is 0 Å². The Morgan fingerprint density at radius 1 is 1.41 bits per heavy atom. The molecule has 0 amide bonds. The zero-order valence-corrected chi connectivity index (χ0v) is 9.01. The minimum Gasteiger partial charge on any atom is -0.478 e. The van der Waals surface area contributed by atoms with Gasteiger partial charge in [-0.25, -0.2) is 9.18 Å². The van der Waals surface area contributed by atoms with Gasteiger partial charge in [-0.2, -0.15) is 0 Å². The molecule has 1 aromatic rings. The molecule has 0 fully saturated rings. The average molecular weight is 243 g/mol. The summed E-state index contributed by atoms with van der Waals surface area (Å²) >= 11 is 0. The van der Waals surface area contributed by atoms with E-state index in [0.717, 1.165) is 6.07 Å². The average Bonchev–Trinajstić information content (AvgIpc) is 2.28. The second-order valence-corrected chi connectivity index (χ2v) is 3.60. The third kappa shape index (κ3) is 3.00. The standard InChI is InChI=1S/C11H14FNO4/c12-7-3-1-2-6(11(16)17)9(7)10(15)8(14)4-5-13/h1-3,8,10,14-15H,4-5,13H2,(H,16,17). The molecular weight excluding hydrogens is 229 g/mol. The van der Waals surface area contributed by atoms with E-state index in [0.29, 0.717) is 0 Å². The molecule has 0 aliphatic carbocycles. The molecular formula is C11H14FNO4. The van der Waals surface area contributed by atoms with Crippen LogP contribution < -0.4 is 5.73 Å². The van der Waals surface area contributed by atoms with Gasteiger partial charge in [0.15, 0.2) is 0 Å². The van der Waals surface area contributed by atoms with Crippen LogP contribution in [0.1, 0.15) is 28.4 Å². The molecule has 2 atom stereocenters. The van der Waals surface area contributed by atoms with Crippen molar-refractivity contribution in [2.24, 2.45) is 5.73 Å². The van der Waals surface area contributed by atoms with Gasteiger partial charge in [-0.15, -0.1) is 0 Å². The highest BCUT2D eigenvalue weighted by Gasteiger charge is 2.26. The summed E-state index contributed by atoms with van der Waals surface area (Å²) in [6.45, 7) is 0.106. The summed E-state index contributed by atoms with van der Waals surface area (Å²) in [7, 11) is 0. The summed E-state index contributed by atoms with van der Waals surface area (Å²) in [5.74, 6) is -2.23. The fourth-order valence-corrected chi connectivity index (χ4v) is 1.55. The summed E-state index contributed by atoms with van der Waals surface area (Å²) in [4.78, 5) is 10.9.